The van der Waals surface area contributed by atoms with Gasteiger partial charge in [-0.2, -0.15) is 4.31 Å². The summed E-state index contributed by atoms with van der Waals surface area (Å²) in [5.41, 5.74) is 0. The lowest BCUT2D eigenvalue weighted by Crippen LogP contribution is -2.52. The SMILES string of the molecule is CN(CC(=O)N1CCN(S(=O)(=O)c2ccc(F)c(Cl)c2)CC1)CC1CCCC1. The highest BCUT2D eigenvalue weighted by Gasteiger charge is 2.31. The molecule has 1 saturated carbocycles. The van der Waals surface area contributed by atoms with E-state index in [-0.39, 0.29) is 28.9 Å². The van der Waals surface area contributed by atoms with E-state index in [2.05, 4.69) is 4.90 Å². The van der Waals surface area contributed by atoms with E-state index in [0.29, 0.717) is 25.6 Å². The van der Waals surface area contributed by atoms with Crippen LogP contribution in [-0.4, -0.2) is 74.7 Å². The zero-order valence-corrected chi connectivity index (χ0v) is 17.7. The zero-order valence-electron chi connectivity index (χ0n) is 16.1. The van der Waals surface area contributed by atoms with Gasteiger partial charge in [0.1, 0.15) is 5.82 Å². The van der Waals surface area contributed by atoms with E-state index in [1.807, 2.05) is 7.05 Å². The first kappa shape index (κ1) is 21.5. The van der Waals surface area contributed by atoms with E-state index in [0.717, 1.165) is 18.7 Å². The van der Waals surface area contributed by atoms with Gasteiger partial charge in [-0.05, 0) is 44.0 Å². The van der Waals surface area contributed by atoms with Crippen molar-refractivity contribution in [1.82, 2.24) is 14.1 Å². The summed E-state index contributed by atoms with van der Waals surface area (Å²) in [6.45, 7) is 2.43. The topological polar surface area (TPSA) is 60.9 Å². The molecule has 0 aromatic heterocycles. The Bertz CT molecular complexity index is 807. The van der Waals surface area contributed by atoms with Crippen molar-refractivity contribution in [3.8, 4) is 0 Å². The smallest absolute Gasteiger partial charge is 0.243 e. The van der Waals surface area contributed by atoms with Gasteiger partial charge in [0.05, 0.1) is 16.5 Å². The molecule has 6 nitrogen and oxygen atoms in total. The first-order chi connectivity index (χ1) is 13.3. The van der Waals surface area contributed by atoms with E-state index in [1.165, 1.54) is 36.1 Å². The maximum Gasteiger partial charge on any atom is 0.243 e. The third kappa shape index (κ3) is 5.03. The van der Waals surface area contributed by atoms with E-state index >= 15 is 0 Å². The maximum atomic E-state index is 13.3. The lowest BCUT2D eigenvalue weighted by atomic mass is 10.1. The average Bonchev–Trinajstić information content (AvgIpc) is 3.16. The van der Waals surface area contributed by atoms with Gasteiger partial charge in [-0.15, -0.1) is 0 Å². The fraction of sp³-hybridized carbons (Fsp3) is 0.632. The first-order valence-electron chi connectivity index (χ1n) is 9.69. The molecule has 156 valence electrons. The number of amides is 1. The molecule has 1 aromatic carbocycles. The summed E-state index contributed by atoms with van der Waals surface area (Å²) < 4.78 is 40.1. The van der Waals surface area contributed by atoms with Crippen LogP contribution in [-0.2, 0) is 14.8 Å². The summed E-state index contributed by atoms with van der Waals surface area (Å²) in [5.74, 6) is 0.0578. The van der Waals surface area contributed by atoms with E-state index in [1.54, 1.807) is 4.90 Å². The lowest BCUT2D eigenvalue weighted by Gasteiger charge is -2.35. The van der Waals surface area contributed by atoms with Crippen LogP contribution in [0.25, 0.3) is 0 Å². The van der Waals surface area contributed by atoms with Crippen LogP contribution < -0.4 is 0 Å². The predicted molar refractivity (Wildman–Crippen MR) is 106 cm³/mol. The standard InChI is InChI=1S/C19H27ClFN3O3S/c1-22(13-15-4-2-3-5-15)14-19(25)23-8-10-24(11-9-23)28(26,27)16-6-7-18(21)17(20)12-16/h6-7,12,15H,2-5,8-11,13-14H2,1H3. The molecule has 0 atom stereocenters. The van der Waals surface area contributed by atoms with Crippen LogP contribution in [0.4, 0.5) is 4.39 Å². The monoisotopic (exact) mass is 431 g/mol. The van der Waals surface area contributed by atoms with Crippen molar-refractivity contribution >= 4 is 27.5 Å². The van der Waals surface area contributed by atoms with Crippen molar-refractivity contribution in [1.29, 1.82) is 0 Å². The van der Waals surface area contributed by atoms with Crippen LogP contribution in [0.2, 0.25) is 5.02 Å². The number of sulfonamides is 1. The van der Waals surface area contributed by atoms with Gasteiger partial charge < -0.3 is 4.90 Å². The van der Waals surface area contributed by atoms with Crippen molar-refractivity contribution in [2.45, 2.75) is 30.6 Å². The molecule has 0 bridgehead atoms. The molecule has 1 aliphatic heterocycles. The quantitative estimate of drug-likeness (QED) is 0.694. The van der Waals surface area contributed by atoms with E-state index < -0.39 is 15.8 Å². The molecule has 0 unspecified atom stereocenters. The van der Waals surface area contributed by atoms with Gasteiger partial charge in [-0.3, -0.25) is 9.69 Å². The molecular formula is C19H27ClFN3O3S. The molecule has 0 spiro atoms. The minimum atomic E-state index is -3.76. The summed E-state index contributed by atoms with van der Waals surface area (Å²) >= 11 is 5.72. The molecule has 0 radical (unpaired) electrons. The molecule has 9 heteroatoms. The normalized spacial score (nSPS) is 19.5. The Kier molecular flexibility index (Phi) is 6.96. The number of carbonyl (C=O) groups is 1. The summed E-state index contributed by atoms with van der Waals surface area (Å²) in [7, 11) is -1.79. The molecular weight excluding hydrogens is 405 g/mol. The highest BCUT2D eigenvalue weighted by Crippen LogP contribution is 2.25. The van der Waals surface area contributed by atoms with E-state index in [9.17, 15) is 17.6 Å². The summed E-state index contributed by atoms with van der Waals surface area (Å²) in [4.78, 5) is 16.3. The third-order valence-corrected chi connectivity index (χ3v) is 7.75. The lowest BCUT2D eigenvalue weighted by molar-refractivity contribution is -0.133. The Labute approximate surface area is 171 Å². The molecule has 1 aromatic rings. The van der Waals surface area contributed by atoms with Gasteiger partial charge >= 0.3 is 0 Å². The fourth-order valence-corrected chi connectivity index (χ4v) is 5.69. The van der Waals surface area contributed by atoms with Crippen LogP contribution in [0.1, 0.15) is 25.7 Å². The molecule has 2 fully saturated rings. The number of likely N-dealkylation sites (N-methyl/N-ethyl adjacent to an activating group) is 1. The van der Waals surface area contributed by atoms with Gasteiger partial charge in [0.2, 0.25) is 15.9 Å². The largest absolute Gasteiger partial charge is 0.339 e. The number of piperazine rings is 1. The Balaban J connectivity index is 1.53. The highest BCUT2D eigenvalue weighted by molar-refractivity contribution is 7.89. The molecule has 0 N–H and O–H groups in total. The second kappa shape index (κ2) is 9.07. The summed E-state index contributed by atoms with van der Waals surface area (Å²) in [6, 6.07) is 3.39. The van der Waals surface area contributed by atoms with Gasteiger partial charge in [0.15, 0.2) is 0 Å². The summed E-state index contributed by atoms with van der Waals surface area (Å²) in [5, 5.41) is -0.222. The van der Waals surface area contributed by atoms with Crippen molar-refractivity contribution in [2.75, 3.05) is 46.3 Å². The Morgan fingerprint density at radius 1 is 1.21 bits per heavy atom. The van der Waals surface area contributed by atoms with Gasteiger partial charge in [-0.25, -0.2) is 12.8 Å². The highest BCUT2D eigenvalue weighted by atomic mass is 35.5. The Hall–Kier alpha value is -1.22. The zero-order chi connectivity index (χ0) is 20.3. The van der Waals surface area contributed by atoms with Gasteiger partial charge in [-0.1, -0.05) is 24.4 Å². The van der Waals surface area contributed by atoms with Crippen LogP contribution >= 0.6 is 11.6 Å². The van der Waals surface area contributed by atoms with Crippen molar-refractivity contribution in [3.05, 3.63) is 29.0 Å². The van der Waals surface area contributed by atoms with E-state index in [4.69, 9.17) is 11.6 Å². The number of hydrogen-bond donors (Lipinski definition) is 0. The Morgan fingerprint density at radius 3 is 2.46 bits per heavy atom. The average molecular weight is 432 g/mol. The molecule has 1 aliphatic carbocycles. The van der Waals surface area contributed by atoms with Crippen molar-refractivity contribution in [3.63, 3.8) is 0 Å². The number of rotatable bonds is 6. The maximum absolute atomic E-state index is 13.3. The number of hydrogen-bond acceptors (Lipinski definition) is 4. The van der Waals surface area contributed by atoms with Crippen LogP contribution in [0, 0.1) is 11.7 Å². The number of nitrogens with zero attached hydrogens (tertiary/aromatic N) is 3. The fourth-order valence-electron chi connectivity index (χ4n) is 3.99. The molecule has 1 heterocycles. The molecule has 2 aliphatic rings. The second-order valence-electron chi connectivity index (χ2n) is 7.71. The minimum Gasteiger partial charge on any atom is -0.339 e. The Morgan fingerprint density at radius 2 is 1.86 bits per heavy atom. The second-order valence-corrected chi connectivity index (χ2v) is 10.1. The minimum absolute atomic E-state index is 0.0300. The molecule has 3 rings (SSSR count). The summed E-state index contributed by atoms with van der Waals surface area (Å²) in [6.07, 6.45) is 5.04. The van der Waals surface area contributed by atoms with Gasteiger partial charge in [0, 0.05) is 32.7 Å². The van der Waals surface area contributed by atoms with Crippen LogP contribution in [0.15, 0.2) is 23.1 Å². The van der Waals surface area contributed by atoms with Crippen molar-refractivity contribution in [2.24, 2.45) is 5.92 Å². The number of carbonyl (C=O) groups excluding carboxylic acids is 1. The molecule has 1 saturated heterocycles. The van der Waals surface area contributed by atoms with Crippen molar-refractivity contribution < 1.29 is 17.6 Å². The van der Waals surface area contributed by atoms with Gasteiger partial charge in [0.25, 0.3) is 0 Å². The first-order valence-corrected chi connectivity index (χ1v) is 11.5. The number of halogens is 2. The number of benzene rings is 1. The van der Waals surface area contributed by atoms with Crippen LogP contribution in [0.5, 0.6) is 0 Å². The van der Waals surface area contributed by atoms with Crippen LogP contribution in [0.3, 0.4) is 0 Å². The third-order valence-electron chi connectivity index (χ3n) is 5.57. The molecule has 1 amide bonds. The molecule has 28 heavy (non-hydrogen) atoms. The predicted octanol–water partition coefficient (Wildman–Crippen LogP) is 2.43.